The number of nitro benzene ring substituents is 1. The van der Waals surface area contributed by atoms with Crippen LogP contribution in [0.3, 0.4) is 0 Å². The zero-order valence-electron chi connectivity index (χ0n) is 16.4. The highest BCUT2D eigenvalue weighted by Gasteiger charge is 2.18. The van der Waals surface area contributed by atoms with Gasteiger partial charge in [0.1, 0.15) is 0 Å². The minimum absolute atomic E-state index is 0.0626. The molecule has 0 amide bonds. The van der Waals surface area contributed by atoms with Crippen LogP contribution in [0.1, 0.15) is 12.5 Å². The van der Waals surface area contributed by atoms with E-state index in [0.29, 0.717) is 10.6 Å². The van der Waals surface area contributed by atoms with Gasteiger partial charge in [0.05, 0.1) is 11.1 Å². The molecule has 11 nitrogen and oxygen atoms in total. The first-order valence-electron chi connectivity index (χ1n) is 8.72. The van der Waals surface area contributed by atoms with Crippen molar-refractivity contribution in [3.63, 3.8) is 0 Å². The van der Waals surface area contributed by atoms with Crippen molar-refractivity contribution in [1.82, 2.24) is 18.7 Å². The number of hydrazone groups is 1. The number of halogens is 1. The molecule has 0 atom stereocenters. The summed E-state index contributed by atoms with van der Waals surface area (Å²) in [5, 5.41) is 15.5. The summed E-state index contributed by atoms with van der Waals surface area (Å²) in [6.45, 7) is 1.91. The van der Waals surface area contributed by atoms with Gasteiger partial charge in [-0.05, 0) is 6.92 Å². The number of hydrogen-bond acceptors (Lipinski definition) is 7. The number of nitrogens with one attached hydrogen (secondary N) is 1. The van der Waals surface area contributed by atoms with Gasteiger partial charge in [0.15, 0.2) is 11.2 Å². The lowest BCUT2D eigenvalue weighted by molar-refractivity contribution is -0.384. The van der Waals surface area contributed by atoms with E-state index >= 15 is 0 Å². The Kier molecular flexibility index (Phi) is 5.83. The molecule has 0 unspecified atom stereocenters. The molecule has 0 saturated carbocycles. The third-order valence-electron chi connectivity index (χ3n) is 4.36. The van der Waals surface area contributed by atoms with Crippen molar-refractivity contribution in [1.29, 1.82) is 0 Å². The smallest absolute Gasteiger partial charge is 0.299 e. The third kappa shape index (κ3) is 4.01. The number of fused-ring (bicyclic) bond motifs is 1. The molecule has 0 saturated heterocycles. The molecule has 0 fully saturated rings. The number of non-ortho nitro benzene ring substituents is 1. The normalized spacial score (nSPS) is 12.1. The summed E-state index contributed by atoms with van der Waals surface area (Å²) in [5.74, 6) is 0.208. The van der Waals surface area contributed by atoms with E-state index in [2.05, 4.69) is 15.5 Å². The van der Waals surface area contributed by atoms with E-state index in [1.807, 2.05) is 0 Å². The zero-order chi connectivity index (χ0) is 22.0. The molecule has 0 aliphatic carbocycles. The number of benzene rings is 1. The molecule has 1 aromatic carbocycles. The maximum absolute atomic E-state index is 12.7. The Morgan fingerprint density at radius 3 is 2.73 bits per heavy atom. The predicted molar refractivity (Wildman–Crippen MR) is 114 cm³/mol. The predicted octanol–water partition coefficient (Wildman–Crippen LogP) is 1.93. The zero-order valence-corrected chi connectivity index (χ0v) is 17.1. The van der Waals surface area contributed by atoms with Crippen molar-refractivity contribution in [3.05, 3.63) is 71.9 Å². The van der Waals surface area contributed by atoms with Crippen molar-refractivity contribution < 1.29 is 4.92 Å². The summed E-state index contributed by atoms with van der Waals surface area (Å²) in [4.78, 5) is 39.6. The molecule has 0 radical (unpaired) electrons. The van der Waals surface area contributed by atoms with Crippen LogP contribution in [0.4, 0.5) is 11.6 Å². The van der Waals surface area contributed by atoms with Gasteiger partial charge >= 0.3 is 5.69 Å². The highest BCUT2D eigenvalue weighted by Crippen LogP contribution is 2.17. The molecule has 3 rings (SSSR count). The van der Waals surface area contributed by atoms with E-state index in [4.69, 9.17) is 11.6 Å². The molecule has 0 aliphatic rings. The number of anilines is 1. The fraction of sp³-hybridized carbons (Fsp3) is 0.222. The van der Waals surface area contributed by atoms with Crippen molar-refractivity contribution in [2.24, 2.45) is 19.2 Å². The van der Waals surface area contributed by atoms with Gasteiger partial charge in [-0.25, -0.2) is 10.2 Å². The Labute approximate surface area is 174 Å². The SMILES string of the molecule is C/C(Cl)=C\Cn1c(N/N=C/c2cccc([N+](=O)[O-])c2)nc2c1c(=O)n(C)c(=O)n2C. The summed E-state index contributed by atoms with van der Waals surface area (Å²) in [7, 11) is 2.90. The van der Waals surface area contributed by atoms with Gasteiger partial charge in [0.2, 0.25) is 5.95 Å². The number of aryl methyl sites for hydroxylation is 1. The van der Waals surface area contributed by atoms with Gasteiger partial charge in [-0.2, -0.15) is 10.1 Å². The number of imidazole rings is 1. The van der Waals surface area contributed by atoms with E-state index in [1.54, 1.807) is 29.7 Å². The van der Waals surface area contributed by atoms with Crippen LogP contribution in [0, 0.1) is 10.1 Å². The molecule has 2 heterocycles. The Morgan fingerprint density at radius 2 is 2.07 bits per heavy atom. The standard InChI is InChI=1S/C18H18ClN7O4/c1-11(19)7-8-25-14-15(23(2)18(28)24(3)16(14)27)21-17(25)22-20-10-12-5-4-6-13(9-12)26(29)30/h4-7,9-10H,8H2,1-3H3,(H,21,22)/b11-7+,20-10+. The second-order valence-electron chi connectivity index (χ2n) is 6.44. The van der Waals surface area contributed by atoms with Crippen LogP contribution in [-0.2, 0) is 20.6 Å². The first-order valence-corrected chi connectivity index (χ1v) is 9.10. The van der Waals surface area contributed by atoms with E-state index in [9.17, 15) is 19.7 Å². The molecule has 3 aromatic rings. The second-order valence-corrected chi connectivity index (χ2v) is 7.03. The Bertz CT molecular complexity index is 1310. The molecule has 30 heavy (non-hydrogen) atoms. The first-order chi connectivity index (χ1) is 14.2. The van der Waals surface area contributed by atoms with Crippen molar-refractivity contribution in [2.45, 2.75) is 13.5 Å². The maximum atomic E-state index is 12.7. The maximum Gasteiger partial charge on any atom is 0.332 e. The monoisotopic (exact) mass is 431 g/mol. The number of aromatic nitrogens is 4. The van der Waals surface area contributed by atoms with E-state index in [1.165, 1.54) is 37.0 Å². The summed E-state index contributed by atoms with van der Waals surface area (Å²) >= 11 is 5.93. The average Bonchev–Trinajstić information content (AvgIpc) is 3.08. The molecule has 0 aliphatic heterocycles. The fourth-order valence-corrected chi connectivity index (χ4v) is 2.88. The molecule has 2 aromatic heterocycles. The molecular weight excluding hydrogens is 414 g/mol. The van der Waals surface area contributed by atoms with Crippen LogP contribution in [0.25, 0.3) is 11.2 Å². The Morgan fingerprint density at radius 1 is 1.33 bits per heavy atom. The molecule has 12 heteroatoms. The van der Waals surface area contributed by atoms with Crippen molar-refractivity contribution >= 4 is 40.6 Å². The molecule has 0 spiro atoms. The highest BCUT2D eigenvalue weighted by atomic mass is 35.5. The van der Waals surface area contributed by atoms with Gasteiger partial charge in [0, 0.05) is 43.4 Å². The minimum Gasteiger partial charge on any atom is -0.299 e. The van der Waals surface area contributed by atoms with Gasteiger partial charge in [-0.15, -0.1) is 0 Å². The second kappa shape index (κ2) is 8.33. The van der Waals surface area contributed by atoms with Gasteiger partial charge < -0.3 is 0 Å². The van der Waals surface area contributed by atoms with Crippen molar-refractivity contribution in [2.75, 3.05) is 5.43 Å². The Balaban J connectivity index is 2.06. The van der Waals surface area contributed by atoms with Crippen LogP contribution in [-0.4, -0.2) is 29.8 Å². The highest BCUT2D eigenvalue weighted by molar-refractivity contribution is 6.29. The quantitative estimate of drug-likeness (QED) is 0.360. The topological polar surface area (TPSA) is 129 Å². The summed E-state index contributed by atoms with van der Waals surface area (Å²) in [6.07, 6.45) is 3.07. The van der Waals surface area contributed by atoms with Crippen molar-refractivity contribution in [3.8, 4) is 0 Å². The first kappa shape index (κ1) is 21.0. The summed E-state index contributed by atoms with van der Waals surface area (Å²) in [6, 6.07) is 5.94. The van der Waals surface area contributed by atoms with Gasteiger partial charge in [0.25, 0.3) is 11.2 Å². The van der Waals surface area contributed by atoms with Gasteiger partial charge in [-0.3, -0.25) is 28.6 Å². The average molecular weight is 432 g/mol. The number of nitrogens with zero attached hydrogens (tertiary/aromatic N) is 6. The lowest BCUT2D eigenvalue weighted by Gasteiger charge is -2.07. The molecule has 156 valence electrons. The number of hydrogen-bond donors (Lipinski definition) is 1. The lowest BCUT2D eigenvalue weighted by Crippen LogP contribution is -2.37. The fourth-order valence-electron chi connectivity index (χ4n) is 2.81. The van der Waals surface area contributed by atoms with Crippen LogP contribution in [0.15, 0.2) is 50.1 Å². The number of nitro groups is 1. The third-order valence-corrected chi connectivity index (χ3v) is 4.52. The number of allylic oxidation sites excluding steroid dienone is 2. The van der Waals surface area contributed by atoms with E-state index in [0.717, 1.165) is 4.57 Å². The van der Waals surface area contributed by atoms with Crippen LogP contribution in [0.5, 0.6) is 0 Å². The van der Waals surface area contributed by atoms with E-state index < -0.39 is 16.2 Å². The van der Waals surface area contributed by atoms with E-state index in [-0.39, 0.29) is 29.3 Å². The summed E-state index contributed by atoms with van der Waals surface area (Å²) < 4.78 is 3.81. The molecule has 0 bridgehead atoms. The van der Waals surface area contributed by atoms with Crippen LogP contribution in [0.2, 0.25) is 0 Å². The van der Waals surface area contributed by atoms with Crippen LogP contribution >= 0.6 is 11.6 Å². The number of rotatable bonds is 6. The Hall–Kier alpha value is -3.73. The molecular formula is C18H18ClN7O4. The summed E-state index contributed by atoms with van der Waals surface area (Å²) in [5.41, 5.74) is 2.56. The molecule has 1 N–H and O–H groups in total. The minimum atomic E-state index is -0.507. The largest absolute Gasteiger partial charge is 0.332 e. The van der Waals surface area contributed by atoms with Crippen LogP contribution < -0.4 is 16.7 Å². The van der Waals surface area contributed by atoms with Gasteiger partial charge in [-0.1, -0.05) is 29.8 Å². The lowest BCUT2D eigenvalue weighted by atomic mass is 10.2.